The fourth-order valence-electron chi connectivity index (χ4n) is 3.04. The molecule has 1 nitrogen and oxygen atoms in total. The predicted molar refractivity (Wildman–Crippen MR) is 69.9 cm³/mol. The molecule has 0 saturated heterocycles. The van der Waals surface area contributed by atoms with E-state index in [2.05, 4.69) is 43.4 Å². The Bertz CT molecular complexity index is 332. The van der Waals surface area contributed by atoms with Gasteiger partial charge in [-0.2, -0.15) is 0 Å². The molecule has 1 aliphatic carbocycles. The number of fused-ring (bicyclic) bond motifs is 1. The van der Waals surface area contributed by atoms with Crippen LogP contribution in [0.1, 0.15) is 50.2 Å². The minimum Gasteiger partial charge on any atom is -0.314 e. The van der Waals surface area contributed by atoms with Gasteiger partial charge in [0.05, 0.1) is 0 Å². The molecule has 1 aromatic rings. The zero-order chi connectivity index (χ0) is 11.4. The highest BCUT2D eigenvalue weighted by atomic mass is 14.9. The van der Waals surface area contributed by atoms with Crippen molar-refractivity contribution in [2.75, 3.05) is 6.54 Å². The molecule has 0 saturated carbocycles. The van der Waals surface area contributed by atoms with Crippen LogP contribution in [0.2, 0.25) is 0 Å². The molecule has 16 heavy (non-hydrogen) atoms. The summed E-state index contributed by atoms with van der Waals surface area (Å²) >= 11 is 0. The molecule has 0 amide bonds. The minimum absolute atomic E-state index is 0.659. The molecule has 0 aromatic heterocycles. The van der Waals surface area contributed by atoms with Gasteiger partial charge in [0.15, 0.2) is 0 Å². The standard InChI is InChI=1S/C15H23N/c1-3-15(16-4-2)14-11-7-9-12-8-5-6-10-13(12)14/h5-6,8,10,14-16H,3-4,7,9,11H2,1-2H3. The summed E-state index contributed by atoms with van der Waals surface area (Å²) in [6.45, 7) is 5.58. The second-order valence-electron chi connectivity index (χ2n) is 4.77. The van der Waals surface area contributed by atoms with Gasteiger partial charge in [-0.1, -0.05) is 38.1 Å². The van der Waals surface area contributed by atoms with Gasteiger partial charge in [0.2, 0.25) is 0 Å². The maximum absolute atomic E-state index is 3.64. The second-order valence-corrected chi connectivity index (χ2v) is 4.77. The average molecular weight is 217 g/mol. The molecular weight excluding hydrogens is 194 g/mol. The fourth-order valence-corrected chi connectivity index (χ4v) is 3.04. The van der Waals surface area contributed by atoms with E-state index >= 15 is 0 Å². The zero-order valence-corrected chi connectivity index (χ0v) is 10.5. The first kappa shape index (κ1) is 11.7. The van der Waals surface area contributed by atoms with Crippen molar-refractivity contribution in [2.45, 2.75) is 51.5 Å². The SMILES string of the molecule is CCNC(CC)C1CCCc2ccccc21. The van der Waals surface area contributed by atoms with E-state index in [-0.39, 0.29) is 0 Å². The van der Waals surface area contributed by atoms with E-state index in [1.165, 1.54) is 25.7 Å². The summed E-state index contributed by atoms with van der Waals surface area (Å²) in [5, 5.41) is 3.64. The lowest BCUT2D eigenvalue weighted by Gasteiger charge is -2.32. The van der Waals surface area contributed by atoms with Crippen molar-refractivity contribution in [1.29, 1.82) is 0 Å². The Morgan fingerprint density at radius 3 is 2.88 bits per heavy atom. The highest BCUT2D eigenvalue weighted by molar-refractivity contribution is 5.33. The van der Waals surface area contributed by atoms with Gasteiger partial charge < -0.3 is 5.32 Å². The lowest BCUT2D eigenvalue weighted by molar-refractivity contribution is 0.389. The third kappa shape index (κ3) is 2.30. The molecule has 1 N–H and O–H groups in total. The number of likely N-dealkylation sites (N-methyl/N-ethyl adjacent to an activating group) is 1. The van der Waals surface area contributed by atoms with Gasteiger partial charge in [-0.3, -0.25) is 0 Å². The fraction of sp³-hybridized carbons (Fsp3) is 0.600. The molecule has 1 aliphatic rings. The Hall–Kier alpha value is -0.820. The number of hydrogen-bond donors (Lipinski definition) is 1. The third-order valence-corrected chi connectivity index (χ3v) is 3.81. The van der Waals surface area contributed by atoms with E-state index < -0.39 is 0 Å². The quantitative estimate of drug-likeness (QED) is 0.814. The first-order valence-electron chi connectivity index (χ1n) is 6.68. The second kappa shape index (κ2) is 5.49. The van der Waals surface area contributed by atoms with Crippen LogP contribution >= 0.6 is 0 Å². The van der Waals surface area contributed by atoms with E-state index in [4.69, 9.17) is 0 Å². The molecule has 2 unspecified atom stereocenters. The smallest absolute Gasteiger partial charge is 0.0133 e. The van der Waals surface area contributed by atoms with E-state index in [0.717, 1.165) is 12.5 Å². The van der Waals surface area contributed by atoms with E-state index in [0.29, 0.717) is 6.04 Å². The molecule has 0 spiro atoms. The monoisotopic (exact) mass is 217 g/mol. The van der Waals surface area contributed by atoms with E-state index in [1.807, 2.05) is 0 Å². The van der Waals surface area contributed by atoms with Crippen molar-refractivity contribution in [3.63, 3.8) is 0 Å². The lowest BCUT2D eigenvalue weighted by atomic mass is 9.78. The van der Waals surface area contributed by atoms with Crippen LogP contribution in [0.3, 0.4) is 0 Å². The summed E-state index contributed by atoms with van der Waals surface area (Å²) in [6.07, 6.45) is 5.20. The molecule has 0 aliphatic heterocycles. The normalized spacial score (nSPS) is 21.5. The van der Waals surface area contributed by atoms with Gasteiger partial charge in [-0.05, 0) is 49.3 Å². The molecule has 1 aromatic carbocycles. The van der Waals surface area contributed by atoms with Crippen molar-refractivity contribution < 1.29 is 0 Å². The maximum atomic E-state index is 3.64. The van der Waals surface area contributed by atoms with Crippen LogP contribution in [0.4, 0.5) is 0 Å². The summed E-state index contributed by atoms with van der Waals surface area (Å²) in [6, 6.07) is 9.66. The van der Waals surface area contributed by atoms with Gasteiger partial charge in [0.25, 0.3) is 0 Å². The highest BCUT2D eigenvalue weighted by Crippen LogP contribution is 2.34. The Labute approximate surface area is 99.3 Å². The van der Waals surface area contributed by atoms with Crippen LogP contribution in [-0.2, 0) is 6.42 Å². The van der Waals surface area contributed by atoms with Crippen LogP contribution in [-0.4, -0.2) is 12.6 Å². The molecule has 2 atom stereocenters. The van der Waals surface area contributed by atoms with Gasteiger partial charge in [0, 0.05) is 6.04 Å². The topological polar surface area (TPSA) is 12.0 Å². The number of benzene rings is 1. The highest BCUT2D eigenvalue weighted by Gasteiger charge is 2.25. The maximum Gasteiger partial charge on any atom is 0.0133 e. The van der Waals surface area contributed by atoms with Gasteiger partial charge in [0.1, 0.15) is 0 Å². The number of aryl methyl sites for hydroxylation is 1. The predicted octanol–water partition coefficient (Wildman–Crippen LogP) is 3.49. The van der Waals surface area contributed by atoms with Crippen LogP contribution < -0.4 is 5.32 Å². The van der Waals surface area contributed by atoms with Gasteiger partial charge >= 0.3 is 0 Å². The van der Waals surface area contributed by atoms with Crippen LogP contribution in [0, 0.1) is 0 Å². The molecular formula is C15H23N. The Morgan fingerprint density at radius 2 is 2.12 bits per heavy atom. The van der Waals surface area contributed by atoms with Crippen molar-refractivity contribution in [3.05, 3.63) is 35.4 Å². The van der Waals surface area contributed by atoms with Gasteiger partial charge in [-0.15, -0.1) is 0 Å². The summed E-state index contributed by atoms with van der Waals surface area (Å²) < 4.78 is 0. The molecule has 0 bridgehead atoms. The summed E-state index contributed by atoms with van der Waals surface area (Å²) in [5.41, 5.74) is 3.18. The average Bonchev–Trinajstić information content (AvgIpc) is 2.35. The van der Waals surface area contributed by atoms with Crippen molar-refractivity contribution in [1.82, 2.24) is 5.32 Å². The molecule has 1 heteroatoms. The van der Waals surface area contributed by atoms with Crippen molar-refractivity contribution in [3.8, 4) is 0 Å². The molecule has 2 rings (SSSR count). The Balaban J connectivity index is 2.23. The first-order valence-corrected chi connectivity index (χ1v) is 6.68. The molecule has 0 radical (unpaired) electrons. The van der Waals surface area contributed by atoms with Crippen LogP contribution in [0.15, 0.2) is 24.3 Å². The van der Waals surface area contributed by atoms with Crippen molar-refractivity contribution >= 4 is 0 Å². The molecule has 0 heterocycles. The number of nitrogens with one attached hydrogen (secondary N) is 1. The third-order valence-electron chi connectivity index (χ3n) is 3.81. The van der Waals surface area contributed by atoms with E-state index in [9.17, 15) is 0 Å². The lowest BCUT2D eigenvalue weighted by Crippen LogP contribution is -2.35. The van der Waals surface area contributed by atoms with Crippen LogP contribution in [0.25, 0.3) is 0 Å². The van der Waals surface area contributed by atoms with Crippen molar-refractivity contribution in [2.24, 2.45) is 0 Å². The first-order chi connectivity index (χ1) is 7.86. The Morgan fingerprint density at radius 1 is 1.31 bits per heavy atom. The largest absolute Gasteiger partial charge is 0.314 e. The number of rotatable bonds is 4. The summed E-state index contributed by atoms with van der Waals surface area (Å²) in [7, 11) is 0. The minimum atomic E-state index is 0.659. The van der Waals surface area contributed by atoms with Crippen LogP contribution in [0.5, 0.6) is 0 Å². The van der Waals surface area contributed by atoms with Gasteiger partial charge in [-0.25, -0.2) is 0 Å². The summed E-state index contributed by atoms with van der Waals surface area (Å²) in [5.74, 6) is 0.731. The zero-order valence-electron chi connectivity index (χ0n) is 10.5. The Kier molecular flexibility index (Phi) is 4.00. The number of hydrogen-bond acceptors (Lipinski definition) is 1. The van der Waals surface area contributed by atoms with E-state index in [1.54, 1.807) is 11.1 Å². The molecule has 88 valence electrons. The molecule has 0 fully saturated rings. The summed E-state index contributed by atoms with van der Waals surface area (Å²) in [4.78, 5) is 0.